The summed E-state index contributed by atoms with van der Waals surface area (Å²) in [7, 11) is 0. The highest BCUT2D eigenvalue weighted by Crippen LogP contribution is 2.43. The number of halogens is 1. The van der Waals surface area contributed by atoms with Gasteiger partial charge in [0.05, 0.1) is 0 Å². The molecule has 0 bridgehead atoms. The highest BCUT2D eigenvalue weighted by atomic mass is 19.1. The van der Waals surface area contributed by atoms with Crippen molar-refractivity contribution < 1.29 is 9.50 Å². The lowest BCUT2D eigenvalue weighted by Crippen LogP contribution is -2.24. The molecule has 1 nitrogen and oxygen atoms in total. The Morgan fingerprint density at radius 2 is 1.95 bits per heavy atom. The van der Waals surface area contributed by atoms with E-state index in [-0.39, 0.29) is 5.82 Å². The maximum atomic E-state index is 13.9. The van der Waals surface area contributed by atoms with E-state index in [1.807, 2.05) is 18.2 Å². The van der Waals surface area contributed by atoms with E-state index < -0.39 is 5.60 Å². The molecule has 0 radical (unpaired) electrons. The van der Waals surface area contributed by atoms with Gasteiger partial charge in [-0.2, -0.15) is 0 Å². The van der Waals surface area contributed by atoms with Gasteiger partial charge < -0.3 is 5.11 Å². The molecule has 2 aromatic carbocycles. The van der Waals surface area contributed by atoms with Crippen LogP contribution < -0.4 is 0 Å². The van der Waals surface area contributed by atoms with Gasteiger partial charge in [0.1, 0.15) is 11.4 Å². The molecule has 1 N–H and O–H groups in total. The lowest BCUT2D eigenvalue weighted by atomic mass is 9.86. The van der Waals surface area contributed by atoms with Crippen LogP contribution in [0.2, 0.25) is 0 Å². The average Bonchev–Trinajstić information content (AvgIpc) is 2.79. The number of hydrogen-bond acceptors (Lipinski definition) is 1. The molecule has 1 aliphatic carbocycles. The van der Waals surface area contributed by atoms with Gasteiger partial charge in [0.15, 0.2) is 0 Å². The topological polar surface area (TPSA) is 20.2 Å². The molecule has 0 spiro atoms. The predicted molar refractivity (Wildman–Crippen MR) is 82.7 cm³/mol. The Kier molecular flexibility index (Phi) is 3.58. The summed E-state index contributed by atoms with van der Waals surface area (Å²) in [5.41, 5.74) is 2.44. The summed E-state index contributed by atoms with van der Waals surface area (Å²) in [5, 5.41) is 11.1. The number of aliphatic hydroxyl groups is 1. The third kappa shape index (κ3) is 2.49. The van der Waals surface area contributed by atoms with Gasteiger partial charge in [0.2, 0.25) is 0 Å². The predicted octanol–water partition coefficient (Wildman–Crippen LogP) is 4.21. The Hall–Kier alpha value is -1.67. The highest BCUT2D eigenvalue weighted by molar-refractivity contribution is 5.46. The van der Waals surface area contributed by atoms with Crippen LogP contribution >= 0.6 is 0 Å². The number of hydrogen-bond donors (Lipinski definition) is 1. The first kappa shape index (κ1) is 14.3. The first-order valence-corrected chi connectivity index (χ1v) is 7.60. The monoisotopic (exact) mass is 284 g/mol. The van der Waals surface area contributed by atoms with Crippen LogP contribution in [-0.2, 0) is 18.4 Å². The van der Waals surface area contributed by atoms with Gasteiger partial charge in [-0.3, -0.25) is 0 Å². The fourth-order valence-electron chi connectivity index (χ4n) is 3.37. The molecule has 0 amide bonds. The lowest BCUT2D eigenvalue weighted by Gasteiger charge is -2.25. The Balaban J connectivity index is 2.04. The molecule has 1 unspecified atom stereocenters. The molecule has 0 saturated carbocycles. The molecule has 3 rings (SSSR count). The summed E-state index contributed by atoms with van der Waals surface area (Å²) in [5.74, 6) is 0.366. The molecule has 0 aliphatic heterocycles. The summed E-state index contributed by atoms with van der Waals surface area (Å²) < 4.78 is 13.9. The molecule has 110 valence electrons. The molecule has 1 atom stereocenters. The van der Waals surface area contributed by atoms with Gasteiger partial charge in [-0.05, 0) is 53.5 Å². The van der Waals surface area contributed by atoms with E-state index in [1.165, 1.54) is 11.6 Å². The van der Waals surface area contributed by atoms with E-state index in [0.717, 1.165) is 17.5 Å². The summed E-state index contributed by atoms with van der Waals surface area (Å²) in [6.07, 6.45) is 2.13. The van der Waals surface area contributed by atoms with Crippen molar-refractivity contribution in [1.29, 1.82) is 0 Å². The van der Waals surface area contributed by atoms with Crippen LogP contribution in [0.5, 0.6) is 0 Å². The van der Waals surface area contributed by atoms with E-state index in [2.05, 4.69) is 26.0 Å². The third-order valence-electron chi connectivity index (χ3n) is 4.35. The minimum Gasteiger partial charge on any atom is -0.380 e. The summed E-state index contributed by atoms with van der Waals surface area (Å²) in [4.78, 5) is 0. The zero-order chi connectivity index (χ0) is 15.0. The third-order valence-corrected chi connectivity index (χ3v) is 4.35. The maximum Gasteiger partial charge on any atom is 0.126 e. The Morgan fingerprint density at radius 3 is 2.71 bits per heavy atom. The second kappa shape index (κ2) is 5.27. The number of rotatable bonds is 3. The van der Waals surface area contributed by atoms with Crippen molar-refractivity contribution in [2.75, 3.05) is 0 Å². The van der Waals surface area contributed by atoms with Gasteiger partial charge in [-0.15, -0.1) is 0 Å². The second-order valence-electron chi connectivity index (χ2n) is 6.42. The van der Waals surface area contributed by atoms with Crippen LogP contribution in [-0.4, -0.2) is 5.11 Å². The van der Waals surface area contributed by atoms with Crippen molar-refractivity contribution >= 4 is 0 Å². The quantitative estimate of drug-likeness (QED) is 0.895. The van der Waals surface area contributed by atoms with E-state index in [9.17, 15) is 9.50 Å². The molecule has 0 fully saturated rings. The fraction of sp³-hybridized carbons (Fsp3) is 0.368. The van der Waals surface area contributed by atoms with E-state index in [0.29, 0.717) is 24.3 Å². The SMILES string of the molecule is CC(C)Cc1cccc(C2(O)CCc3c(F)cccc32)c1. The average molecular weight is 284 g/mol. The van der Waals surface area contributed by atoms with Crippen LogP contribution in [0.3, 0.4) is 0 Å². The summed E-state index contributed by atoms with van der Waals surface area (Å²) in [6, 6.07) is 13.1. The van der Waals surface area contributed by atoms with Gasteiger partial charge in [0, 0.05) is 0 Å². The molecule has 0 saturated heterocycles. The van der Waals surface area contributed by atoms with Gasteiger partial charge >= 0.3 is 0 Å². The Bertz CT molecular complexity index is 662. The van der Waals surface area contributed by atoms with Crippen LogP contribution in [0.4, 0.5) is 4.39 Å². The maximum absolute atomic E-state index is 13.9. The summed E-state index contributed by atoms with van der Waals surface area (Å²) in [6.45, 7) is 4.36. The molecule has 1 aliphatic rings. The molecular weight excluding hydrogens is 263 g/mol. The van der Waals surface area contributed by atoms with Crippen molar-refractivity contribution in [3.8, 4) is 0 Å². The normalized spacial score (nSPS) is 20.8. The van der Waals surface area contributed by atoms with Crippen LogP contribution in [0, 0.1) is 11.7 Å². The van der Waals surface area contributed by atoms with Crippen LogP contribution in [0.15, 0.2) is 42.5 Å². The summed E-state index contributed by atoms with van der Waals surface area (Å²) >= 11 is 0. The van der Waals surface area contributed by atoms with Gasteiger partial charge in [0.25, 0.3) is 0 Å². The standard InChI is InChI=1S/C19H21FO/c1-13(2)11-14-5-3-6-15(12-14)19(21)10-9-16-17(19)7-4-8-18(16)20/h3-8,12-13,21H,9-11H2,1-2H3. The minimum absolute atomic E-state index is 0.207. The van der Waals surface area contributed by atoms with Crippen LogP contribution in [0.1, 0.15) is 42.5 Å². The fourth-order valence-corrected chi connectivity index (χ4v) is 3.37. The molecular formula is C19H21FO. The molecule has 21 heavy (non-hydrogen) atoms. The highest BCUT2D eigenvalue weighted by Gasteiger charge is 2.39. The Morgan fingerprint density at radius 1 is 1.19 bits per heavy atom. The molecule has 2 aromatic rings. The van der Waals surface area contributed by atoms with Gasteiger partial charge in [-0.25, -0.2) is 4.39 Å². The van der Waals surface area contributed by atoms with E-state index in [4.69, 9.17) is 0 Å². The second-order valence-corrected chi connectivity index (χ2v) is 6.42. The van der Waals surface area contributed by atoms with Crippen LogP contribution in [0.25, 0.3) is 0 Å². The molecule has 2 heteroatoms. The number of fused-ring (bicyclic) bond motifs is 1. The molecule has 0 aromatic heterocycles. The first-order chi connectivity index (χ1) is 10.0. The smallest absolute Gasteiger partial charge is 0.126 e. The molecule has 0 heterocycles. The van der Waals surface area contributed by atoms with Crippen molar-refractivity contribution in [2.24, 2.45) is 5.92 Å². The van der Waals surface area contributed by atoms with Crippen molar-refractivity contribution in [3.05, 3.63) is 70.5 Å². The van der Waals surface area contributed by atoms with Gasteiger partial charge in [-0.1, -0.05) is 50.2 Å². The first-order valence-electron chi connectivity index (χ1n) is 7.60. The Labute approximate surface area is 125 Å². The lowest BCUT2D eigenvalue weighted by molar-refractivity contribution is 0.0828. The zero-order valence-electron chi connectivity index (χ0n) is 12.6. The van der Waals surface area contributed by atoms with Crippen molar-refractivity contribution in [2.45, 2.75) is 38.7 Å². The minimum atomic E-state index is -1.05. The largest absolute Gasteiger partial charge is 0.380 e. The van der Waals surface area contributed by atoms with E-state index in [1.54, 1.807) is 6.07 Å². The van der Waals surface area contributed by atoms with Crippen molar-refractivity contribution in [3.63, 3.8) is 0 Å². The number of benzene rings is 2. The zero-order valence-corrected chi connectivity index (χ0v) is 12.6. The van der Waals surface area contributed by atoms with Crippen molar-refractivity contribution in [1.82, 2.24) is 0 Å². The van der Waals surface area contributed by atoms with E-state index >= 15 is 0 Å².